The number of hydrogen-bond acceptors (Lipinski definition) is 4. The quantitative estimate of drug-likeness (QED) is 0.825. The van der Waals surface area contributed by atoms with Crippen molar-refractivity contribution in [1.82, 2.24) is 4.90 Å². The third kappa shape index (κ3) is 3.44. The molecule has 2 saturated heterocycles. The highest BCUT2D eigenvalue weighted by Gasteiger charge is 2.37. The molecule has 2 N–H and O–H groups in total. The van der Waals surface area contributed by atoms with Crippen LogP contribution in [0.2, 0.25) is 0 Å². The predicted molar refractivity (Wildman–Crippen MR) is 72.6 cm³/mol. The Balaban J connectivity index is 2.01. The molecule has 2 aliphatic rings. The summed E-state index contributed by atoms with van der Waals surface area (Å²) in [7, 11) is 0. The molecule has 0 aromatic carbocycles. The van der Waals surface area contributed by atoms with Crippen LogP contribution < -0.4 is 5.73 Å². The lowest BCUT2D eigenvalue weighted by Gasteiger charge is -2.47. The van der Waals surface area contributed by atoms with Crippen LogP contribution in [0.5, 0.6) is 0 Å². The van der Waals surface area contributed by atoms with Gasteiger partial charge in [0.15, 0.2) is 0 Å². The van der Waals surface area contributed by atoms with E-state index in [0.717, 1.165) is 32.8 Å². The van der Waals surface area contributed by atoms with Gasteiger partial charge in [-0.1, -0.05) is 0 Å². The Kier molecular flexibility index (Phi) is 4.64. The van der Waals surface area contributed by atoms with Crippen molar-refractivity contribution in [3.05, 3.63) is 0 Å². The molecule has 2 heterocycles. The van der Waals surface area contributed by atoms with E-state index in [1.165, 1.54) is 12.8 Å². The van der Waals surface area contributed by atoms with Crippen molar-refractivity contribution in [3.63, 3.8) is 0 Å². The maximum absolute atomic E-state index is 6.03. The van der Waals surface area contributed by atoms with E-state index in [0.29, 0.717) is 12.0 Å². The van der Waals surface area contributed by atoms with E-state index in [2.05, 4.69) is 25.7 Å². The fraction of sp³-hybridized carbons (Fsp3) is 1.00. The van der Waals surface area contributed by atoms with Gasteiger partial charge in [0.25, 0.3) is 0 Å². The summed E-state index contributed by atoms with van der Waals surface area (Å²) < 4.78 is 11.6. The molecule has 0 aromatic heterocycles. The number of hydrogen-bond donors (Lipinski definition) is 1. The molecule has 0 aliphatic carbocycles. The number of nitrogens with two attached hydrogens (primary N) is 1. The van der Waals surface area contributed by atoms with Crippen molar-refractivity contribution in [2.24, 2.45) is 11.7 Å². The molecule has 0 spiro atoms. The van der Waals surface area contributed by atoms with Gasteiger partial charge in [0, 0.05) is 32.3 Å². The van der Waals surface area contributed by atoms with Gasteiger partial charge >= 0.3 is 0 Å². The van der Waals surface area contributed by atoms with Crippen LogP contribution in [0.1, 0.15) is 33.6 Å². The largest absolute Gasteiger partial charge is 0.381 e. The summed E-state index contributed by atoms with van der Waals surface area (Å²) in [6.07, 6.45) is 2.70. The Morgan fingerprint density at radius 1 is 1.44 bits per heavy atom. The molecule has 18 heavy (non-hydrogen) atoms. The number of ether oxygens (including phenoxy) is 2. The molecular formula is C14H28N2O2. The second-order valence-corrected chi connectivity index (χ2v) is 6.40. The Morgan fingerprint density at radius 3 is 2.78 bits per heavy atom. The van der Waals surface area contributed by atoms with E-state index in [9.17, 15) is 0 Å². The summed E-state index contributed by atoms with van der Waals surface area (Å²) in [4.78, 5) is 2.52. The topological polar surface area (TPSA) is 47.7 Å². The molecule has 0 aromatic rings. The lowest BCUT2D eigenvalue weighted by molar-refractivity contribution is -0.145. The smallest absolute Gasteiger partial charge is 0.0757 e. The van der Waals surface area contributed by atoms with E-state index in [1.54, 1.807) is 0 Å². The van der Waals surface area contributed by atoms with Crippen LogP contribution >= 0.6 is 0 Å². The molecule has 3 atom stereocenters. The third-order valence-corrected chi connectivity index (χ3v) is 4.05. The Hall–Kier alpha value is -0.160. The van der Waals surface area contributed by atoms with Gasteiger partial charge in [0.1, 0.15) is 0 Å². The summed E-state index contributed by atoms with van der Waals surface area (Å²) in [5.74, 6) is 0.588. The second kappa shape index (κ2) is 5.87. The summed E-state index contributed by atoms with van der Waals surface area (Å²) in [6, 6.07) is 0.441. The number of rotatable bonds is 3. The van der Waals surface area contributed by atoms with Gasteiger partial charge < -0.3 is 15.2 Å². The fourth-order valence-corrected chi connectivity index (χ4v) is 3.46. The standard InChI is InChI=1S/C14H28N2O2/c1-11-8-16(10-14(2,3)18-11)13(7-15)12-5-4-6-17-9-12/h11-13H,4-10,15H2,1-3H3. The van der Waals surface area contributed by atoms with E-state index in [1.807, 2.05) is 0 Å². The highest BCUT2D eigenvalue weighted by atomic mass is 16.5. The van der Waals surface area contributed by atoms with Crippen LogP contribution in [-0.2, 0) is 9.47 Å². The van der Waals surface area contributed by atoms with Gasteiger partial charge in [-0.05, 0) is 39.5 Å². The number of nitrogens with zero attached hydrogens (tertiary/aromatic N) is 1. The molecule has 2 aliphatic heterocycles. The monoisotopic (exact) mass is 256 g/mol. The highest BCUT2D eigenvalue weighted by Crippen LogP contribution is 2.27. The van der Waals surface area contributed by atoms with Gasteiger partial charge in [-0.15, -0.1) is 0 Å². The van der Waals surface area contributed by atoms with E-state index in [4.69, 9.17) is 15.2 Å². The molecule has 106 valence electrons. The first-order valence-electron chi connectivity index (χ1n) is 7.21. The van der Waals surface area contributed by atoms with Crippen molar-refractivity contribution in [2.75, 3.05) is 32.8 Å². The van der Waals surface area contributed by atoms with Gasteiger partial charge in [-0.25, -0.2) is 0 Å². The highest BCUT2D eigenvalue weighted by molar-refractivity contribution is 4.90. The van der Waals surface area contributed by atoms with E-state index >= 15 is 0 Å². The average molecular weight is 256 g/mol. The number of morpholine rings is 1. The maximum Gasteiger partial charge on any atom is 0.0757 e. The Bertz CT molecular complexity index is 265. The van der Waals surface area contributed by atoms with Crippen molar-refractivity contribution in [3.8, 4) is 0 Å². The molecule has 0 radical (unpaired) electrons. The van der Waals surface area contributed by atoms with Crippen LogP contribution in [0.15, 0.2) is 0 Å². The maximum atomic E-state index is 6.03. The van der Waals surface area contributed by atoms with Crippen LogP contribution in [0.25, 0.3) is 0 Å². The van der Waals surface area contributed by atoms with Crippen molar-refractivity contribution >= 4 is 0 Å². The zero-order valence-electron chi connectivity index (χ0n) is 12.0. The Morgan fingerprint density at radius 2 is 2.22 bits per heavy atom. The second-order valence-electron chi connectivity index (χ2n) is 6.40. The van der Waals surface area contributed by atoms with Gasteiger partial charge in [-0.3, -0.25) is 4.90 Å². The summed E-state index contributed by atoms with van der Waals surface area (Å²) in [6.45, 7) is 10.9. The van der Waals surface area contributed by atoms with Gasteiger partial charge in [0.05, 0.1) is 18.3 Å². The molecule has 4 nitrogen and oxygen atoms in total. The molecule has 0 amide bonds. The molecule has 2 fully saturated rings. The predicted octanol–water partition coefficient (Wildman–Crippen LogP) is 1.24. The van der Waals surface area contributed by atoms with Crippen molar-refractivity contribution in [1.29, 1.82) is 0 Å². The zero-order valence-corrected chi connectivity index (χ0v) is 12.0. The molecule has 4 heteroatoms. The third-order valence-electron chi connectivity index (χ3n) is 4.05. The molecule has 0 bridgehead atoms. The first-order chi connectivity index (χ1) is 8.52. The molecule has 2 rings (SSSR count). The first kappa shape index (κ1) is 14.3. The van der Waals surface area contributed by atoms with Crippen molar-refractivity contribution in [2.45, 2.75) is 51.4 Å². The van der Waals surface area contributed by atoms with Crippen LogP contribution in [-0.4, -0.2) is 55.5 Å². The summed E-state index contributed by atoms with van der Waals surface area (Å²) in [5, 5.41) is 0. The Labute approximate surface area is 111 Å². The molecule has 0 saturated carbocycles. The average Bonchev–Trinajstić information content (AvgIpc) is 2.28. The fourth-order valence-electron chi connectivity index (χ4n) is 3.46. The van der Waals surface area contributed by atoms with Crippen molar-refractivity contribution < 1.29 is 9.47 Å². The van der Waals surface area contributed by atoms with Gasteiger partial charge in [-0.2, -0.15) is 0 Å². The summed E-state index contributed by atoms with van der Waals surface area (Å²) >= 11 is 0. The van der Waals surface area contributed by atoms with Crippen LogP contribution in [0.4, 0.5) is 0 Å². The zero-order chi connectivity index (χ0) is 13.2. The van der Waals surface area contributed by atoms with E-state index < -0.39 is 0 Å². The van der Waals surface area contributed by atoms with Gasteiger partial charge in [0.2, 0.25) is 0 Å². The minimum absolute atomic E-state index is 0.0688. The lowest BCUT2D eigenvalue weighted by atomic mass is 9.90. The minimum atomic E-state index is -0.0688. The first-order valence-corrected chi connectivity index (χ1v) is 7.21. The lowest BCUT2D eigenvalue weighted by Crippen LogP contribution is -2.59. The van der Waals surface area contributed by atoms with Crippen LogP contribution in [0.3, 0.4) is 0 Å². The SMILES string of the molecule is CC1CN(C(CN)C2CCCOC2)CC(C)(C)O1. The molecular weight excluding hydrogens is 228 g/mol. The molecule has 3 unspecified atom stereocenters. The van der Waals surface area contributed by atoms with Crippen LogP contribution in [0, 0.1) is 5.92 Å². The minimum Gasteiger partial charge on any atom is -0.381 e. The van der Waals surface area contributed by atoms with E-state index in [-0.39, 0.29) is 11.7 Å². The summed E-state index contributed by atoms with van der Waals surface area (Å²) in [5.41, 5.74) is 5.96. The normalized spacial score (nSPS) is 35.3.